The standard InChI is InChI=1S/C26H30O3/c1-5-6-7-11-21(3)28-17-18-29-25-14-9-12-23(19-25)15-16-24-13-8-10-20(2)26(24)22(4)27/h5-14,19H,1,15-18H2,2-4H3/b7-6-,21-11+. The molecule has 152 valence electrons. The van der Waals surface area contributed by atoms with Crippen molar-refractivity contribution in [2.45, 2.75) is 33.6 Å². The number of allylic oxidation sites excluding steroid dienone is 5. The average molecular weight is 391 g/mol. The van der Waals surface area contributed by atoms with Gasteiger partial charge in [-0.3, -0.25) is 4.79 Å². The van der Waals surface area contributed by atoms with Crippen LogP contribution in [0.1, 0.15) is 40.9 Å². The van der Waals surface area contributed by atoms with E-state index in [-0.39, 0.29) is 5.78 Å². The van der Waals surface area contributed by atoms with Crippen LogP contribution in [0.5, 0.6) is 5.75 Å². The van der Waals surface area contributed by atoms with E-state index < -0.39 is 0 Å². The molecule has 0 bridgehead atoms. The average Bonchev–Trinajstić information content (AvgIpc) is 2.70. The molecule has 0 fully saturated rings. The molecule has 0 N–H and O–H groups in total. The lowest BCUT2D eigenvalue weighted by molar-refractivity contribution is 0.101. The van der Waals surface area contributed by atoms with E-state index in [4.69, 9.17) is 9.47 Å². The van der Waals surface area contributed by atoms with Gasteiger partial charge < -0.3 is 9.47 Å². The van der Waals surface area contributed by atoms with Gasteiger partial charge in [0.2, 0.25) is 0 Å². The van der Waals surface area contributed by atoms with Gasteiger partial charge in [-0.25, -0.2) is 0 Å². The Balaban J connectivity index is 1.88. The van der Waals surface area contributed by atoms with Gasteiger partial charge in [0.25, 0.3) is 0 Å². The summed E-state index contributed by atoms with van der Waals surface area (Å²) in [5.74, 6) is 1.79. The number of hydrogen-bond donors (Lipinski definition) is 0. The zero-order chi connectivity index (χ0) is 21.1. The van der Waals surface area contributed by atoms with Gasteiger partial charge in [0.1, 0.15) is 19.0 Å². The highest BCUT2D eigenvalue weighted by Gasteiger charge is 2.10. The van der Waals surface area contributed by atoms with Crippen molar-refractivity contribution in [1.82, 2.24) is 0 Å². The smallest absolute Gasteiger partial charge is 0.160 e. The quantitative estimate of drug-likeness (QED) is 0.204. The molecule has 0 atom stereocenters. The number of carbonyl (C=O) groups is 1. The van der Waals surface area contributed by atoms with Crippen molar-refractivity contribution in [1.29, 1.82) is 0 Å². The predicted octanol–water partition coefficient (Wildman–Crippen LogP) is 6.02. The van der Waals surface area contributed by atoms with Crippen molar-refractivity contribution >= 4 is 5.78 Å². The highest BCUT2D eigenvalue weighted by atomic mass is 16.5. The van der Waals surface area contributed by atoms with E-state index in [2.05, 4.69) is 18.7 Å². The number of hydrogen-bond acceptors (Lipinski definition) is 3. The third-order valence-corrected chi connectivity index (χ3v) is 4.55. The molecule has 3 heteroatoms. The molecule has 3 nitrogen and oxygen atoms in total. The Hall–Kier alpha value is -3.07. The first-order chi connectivity index (χ1) is 14.0. The Kier molecular flexibility index (Phi) is 8.97. The molecule has 0 radical (unpaired) electrons. The van der Waals surface area contributed by atoms with E-state index in [1.165, 1.54) is 5.56 Å². The first kappa shape index (κ1) is 22.2. The van der Waals surface area contributed by atoms with E-state index in [1.54, 1.807) is 13.0 Å². The minimum atomic E-state index is 0.125. The summed E-state index contributed by atoms with van der Waals surface area (Å²) in [4.78, 5) is 12.0. The lowest BCUT2D eigenvalue weighted by Crippen LogP contribution is -2.06. The van der Waals surface area contributed by atoms with E-state index >= 15 is 0 Å². The molecule has 0 spiro atoms. The van der Waals surface area contributed by atoms with Gasteiger partial charge in [-0.2, -0.15) is 0 Å². The molecule has 0 unspecified atom stereocenters. The van der Waals surface area contributed by atoms with E-state index in [1.807, 2.05) is 62.4 Å². The molecule has 0 aliphatic rings. The van der Waals surface area contributed by atoms with Crippen LogP contribution in [0.4, 0.5) is 0 Å². The summed E-state index contributed by atoms with van der Waals surface area (Å²) in [6.45, 7) is 10.1. The predicted molar refractivity (Wildman–Crippen MR) is 120 cm³/mol. The summed E-state index contributed by atoms with van der Waals surface area (Å²) in [6.07, 6.45) is 9.03. The second kappa shape index (κ2) is 11.7. The summed E-state index contributed by atoms with van der Waals surface area (Å²) in [5, 5.41) is 0. The Morgan fingerprint density at radius 2 is 1.83 bits per heavy atom. The molecule has 2 rings (SSSR count). The maximum absolute atomic E-state index is 12.0. The van der Waals surface area contributed by atoms with Crippen LogP contribution in [0.15, 0.2) is 79.1 Å². The van der Waals surface area contributed by atoms with Gasteiger partial charge in [0.05, 0.1) is 5.76 Å². The van der Waals surface area contributed by atoms with Gasteiger partial charge >= 0.3 is 0 Å². The largest absolute Gasteiger partial charge is 0.495 e. The van der Waals surface area contributed by atoms with Crippen LogP contribution in [0.2, 0.25) is 0 Å². The Morgan fingerprint density at radius 3 is 2.59 bits per heavy atom. The number of benzene rings is 2. The lowest BCUT2D eigenvalue weighted by Gasteiger charge is -2.11. The first-order valence-electron chi connectivity index (χ1n) is 9.91. The number of aryl methyl sites for hydroxylation is 3. The van der Waals surface area contributed by atoms with Gasteiger partial charge in [0.15, 0.2) is 5.78 Å². The van der Waals surface area contributed by atoms with Crippen LogP contribution < -0.4 is 4.74 Å². The lowest BCUT2D eigenvalue weighted by atomic mass is 9.94. The zero-order valence-electron chi connectivity index (χ0n) is 17.6. The third kappa shape index (κ3) is 7.46. The van der Waals surface area contributed by atoms with Crippen LogP contribution in [-0.4, -0.2) is 19.0 Å². The summed E-state index contributed by atoms with van der Waals surface area (Å²) in [6, 6.07) is 14.1. The normalized spacial score (nSPS) is 11.5. The minimum Gasteiger partial charge on any atom is -0.495 e. The molecule has 0 aliphatic heterocycles. The van der Waals surface area contributed by atoms with Crippen LogP contribution in [0.3, 0.4) is 0 Å². The van der Waals surface area contributed by atoms with Gasteiger partial charge in [-0.1, -0.05) is 55.1 Å². The number of ether oxygens (including phenoxy) is 2. The molecule has 29 heavy (non-hydrogen) atoms. The van der Waals surface area contributed by atoms with Crippen LogP contribution in [0, 0.1) is 6.92 Å². The van der Waals surface area contributed by atoms with E-state index in [9.17, 15) is 4.79 Å². The molecule has 0 heterocycles. The fourth-order valence-electron chi connectivity index (χ4n) is 3.19. The first-order valence-corrected chi connectivity index (χ1v) is 9.91. The summed E-state index contributed by atoms with van der Waals surface area (Å²) in [5.41, 5.74) is 4.18. The monoisotopic (exact) mass is 390 g/mol. The Bertz CT molecular complexity index is 891. The van der Waals surface area contributed by atoms with Gasteiger partial charge in [0, 0.05) is 5.56 Å². The number of rotatable bonds is 11. The Morgan fingerprint density at radius 1 is 1.03 bits per heavy atom. The van der Waals surface area contributed by atoms with Crippen molar-refractivity contribution in [3.05, 3.63) is 101 Å². The molecular weight excluding hydrogens is 360 g/mol. The summed E-state index contributed by atoms with van der Waals surface area (Å²) in [7, 11) is 0. The second-order valence-electron chi connectivity index (χ2n) is 6.91. The fourth-order valence-corrected chi connectivity index (χ4v) is 3.19. The maximum Gasteiger partial charge on any atom is 0.160 e. The number of carbonyl (C=O) groups excluding carboxylic acids is 1. The van der Waals surface area contributed by atoms with Crippen molar-refractivity contribution in [2.24, 2.45) is 0 Å². The van der Waals surface area contributed by atoms with Crippen LogP contribution in [0.25, 0.3) is 0 Å². The van der Waals surface area contributed by atoms with Crippen molar-refractivity contribution < 1.29 is 14.3 Å². The second-order valence-corrected chi connectivity index (χ2v) is 6.91. The van der Waals surface area contributed by atoms with E-state index in [0.717, 1.165) is 41.0 Å². The topological polar surface area (TPSA) is 35.5 Å². The highest BCUT2D eigenvalue weighted by molar-refractivity contribution is 5.97. The highest BCUT2D eigenvalue weighted by Crippen LogP contribution is 2.19. The summed E-state index contributed by atoms with van der Waals surface area (Å²) >= 11 is 0. The third-order valence-electron chi connectivity index (χ3n) is 4.55. The summed E-state index contributed by atoms with van der Waals surface area (Å²) < 4.78 is 11.4. The van der Waals surface area contributed by atoms with Crippen molar-refractivity contribution in [3.63, 3.8) is 0 Å². The molecule has 0 aliphatic carbocycles. The van der Waals surface area contributed by atoms with E-state index in [0.29, 0.717) is 13.2 Å². The van der Waals surface area contributed by atoms with Gasteiger partial charge in [-0.15, -0.1) is 0 Å². The minimum absolute atomic E-state index is 0.125. The Labute approximate surface area is 174 Å². The zero-order valence-corrected chi connectivity index (χ0v) is 17.6. The molecule has 0 saturated carbocycles. The molecule has 0 aromatic heterocycles. The van der Waals surface area contributed by atoms with Crippen molar-refractivity contribution in [3.8, 4) is 5.75 Å². The molecule has 0 saturated heterocycles. The maximum atomic E-state index is 12.0. The SMILES string of the molecule is C=C/C=C\C=C(/C)OCCOc1cccc(CCc2cccc(C)c2C(C)=O)c1. The number of ketones is 1. The fraction of sp³-hybridized carbons (Fsp3) is 0.269. The van der Waals surface area contributed by atoms with Crippen LogP contribution in [-0.2, 0) is 17.6 Å². The van der Waals surface area contributed by atoms with Crippen LogP contribution >= 0.6 is 0 Å². The molecule has 0 amide bonds. The number of Topliss-reactive ketones (excluding diaryl/α,β-unsaturated/α-hetero) is 1. The molecular formula is C26H30O3. The van der Waals surface area contributed by atoms with Crippen molar-refractivity contribution in [2.75, 3.05) is 13.2 Å². The molecule has 2 aromatic rings. The molecule has 2 aromatic carbocycles. The van der Waals surface area contributed by atoms with Gasteiger partial charge in [-0.05, 0) is 68.5 Å².